The van der Waals surface area contributed by atoms with Gasteiger partial charge < -0.3 is 0 Å². The van der Waals surface area contributed by atoms with Crippen molar-refractivity contribution in [1.82, 2.24) is 0 Å². The summed E-state index contributed by atoms with van der Waals surface area (Å²) in [5, 5.41) is 3.12. The third kappa shape index (κ3) is 4.13. The molecular formula is C16H22Si2. The molecule has 0 saturated carbocycles. The van der Waals surface area contributed by atoms with E-state index in [1.165, 1.54) is 0 Å². The zero-order valence-electron chi connectivity index (χ0n) is 11.0. The second kappa shape index (κ2) is 7.85. The lowest BCUT2D eigenvalue weighted by atomic mass is 10.4. The lowest BCUT2D eigenvalue weighted by Crippen LogP contribution is -2.38. The van der Waals surface area contributed by atoms with Crippen molar-refractivity contribution >= 4 is 29.4 Å². The van der Waals surface area contributed by atoms with Gasteiger partial charge in [0.05, 0.1) is 19.0 Å². The molecule has 0 aliphatic rings. The standard InChI is InChI=1S/C16H22Si2/c1-5-13(6-2)17-15-11-9-10-12-16(15)18-14(7-3)8-4/h5-14H,1-4,17-18H2. The minimum atomic E-state index is -0.355. The first-order chi connectivity index (χ1) is 8.74. The molecule has 0 amide bonds. The van der Waals surface area contributed by atoms with Crippen LogP contribution in [0.3, 0.4) is 0 Å². The summed E-state index contributed by atoms with van der Waals surface area (Å²) in [7, 11) is -0.709. The maximum atomic E-state index is 3.89. The van der Waals surface area contributed by atoms with E-state index in [1.54, 1.807) is 10.4 Å². The Kier molecular flexibility index (Phi) is 6.40. The van der Waals surface area contributed by atoms with E-state index >= 15 is 0 Å². The van der Waals surface area contributed by atoms with Crippen LogP contribution in [0.5, 0.6) is 0 Å². The molecule has 1 rings (SSSR count). The van der Waals surface area contributed by atoms with Crippen molar-refractivity contribution < 1.29 is 0 Å². The third-order valence-corrected chi connectivity index (χ3v) is 8.28. The summed E-state index contributed by atoms with van der Waals surface area (Å²) in [5.41, 5.74) is 0.983. The van der Waals surface area contributed by atoms with Gasteiger partial charge in [-0.15, -0.1) is 26.3 Å². The molecule has 0 aromatic heterocycles. The van der Waals surface area contributed by atoms with Crippen molar-refractivity contribution in [1.29, 1.82) is 0 Å². The lowest BCUT2D eigenvalue weighted by Gasteiger charge is -2.14. The third-order valence-electron chi connectivity index (χ3n) is 3.24. The van der Waals surface area contributed by atoms with Crippen LogP contribution in [0.15, 0.2) is 74.9 Å². The van der Waals surface area contributed by atoms with E-state index in [2.05, 4.69) is 50.6 Å². The van der Waals surface area contributed by atoms with E-state index in [0.29, 0.717) is 11.1 Å². The molecule has 0 saturated heterocycles. The molecule has 0 aliphatic heterocycles. The van der Waals surface area contributed by atoms with E-state index in [-0.39, 0.29) is 19.0 Å². The molecule has 0 aliphatic carbocycles. The topological polar surface area (TPSA) is 0 Å². The quantitative estimate of drug-likeness (QED) is 0.497. The van der Waals surface area contributed by atoms with Crippen molar-refractivity contribution in [2.24, 2.45) is 0 Å². The van der Waals surface area contributed by atoms with Gasteiger partial charge in [0.2, 0.25) is 0 Å². The molecule has 0 nitrogen and oxygen atoms in total. The van der Waals surface area contributed by atoms with Crippen LogP contribution in [-0.2, 0) is 0 Å². The average Bonchev–Trinajstić information content (AvgIpc) is 2.43. The van der Waals surface area contributed by atoms with Crippen LogP contribution >= 0.6 is 0 Å². The maximum Gasteiger partial charge on any atom is 0.0661 e. The predicted octanol–water partition coefficient (Wildman–Crippen LogP) is 1.60. The number of allylic oxidation sites excluding steroid dienone is 4. The molecule has 94 valence electrons. The Balaban J connectivity index is 2.91. The van der Waals surface area contributed by atoms with Gasteiger partial charge in [-0.3, -0.25) is 0 Å². The molecule has 0 spiro atoms. The van der Waals surface area contributed by atoms with E-state index in [0.717, 1.165) is 0 Å². The molecular weight excluding hydrogens is 248 g/mol. The summed E-state index contributed by atoms with van der Waals surface area (Å²) in [6, 6.07) is 8.83. The van der Waals surface area contributed by atoms with Crippen LogP contribution in [0.1, 0.15) is 0 Å². The van der Waals surface area contributed by atoms with E-state index in [4.69, 9.17) is 0 Å². The van der Waals surface area contributed by atoms with E-state index in [9.17, 15) is 0 Å². The Morgan fingerprint density at radius 1 is 0.722 bits per heavy atom. The zero-order chi connectivity index (χ0) is 13.4. The van der Waals surface area contributed by atoms with Crippen molar-refractivity contribution in [2.45, 2.75) is 11.1 Å². The fraction of sp³-hybridized carbons (Fsp3) is 0.125. The van der Waals surface area contributed by atoms with Crippen molar-refractivity contribution in [2.75, 3.05) is 0 Å². The van der Waals surface area contributed by atoms with Crippen LogP contribution in [0.2, 0.25) is 11.1 Å². The number of benzene rings is 1. The van der Waals surface area contributed by atoms with Gasteiger partial charge in [0.15, 0.2) is 0 Å². The normalized spacial score (nSPS) is 11.7. The first kappa shape index (κ1) is 14.7. The van der Waals surface area contributed by atoms with Gasteiger partial charge in [0.25, 0.3) is 0 Å². The van der Waals surface area contributed by atoms with Crippen LogP contribution in [0.25, 0.3) is 0 Å². The summed E-state index contributed by atoms with van der Waals surface area (Å²) < 4.78 is 0. The van der Waals surface area contributed by atoms with Gasteiger partial charge in [-0.05, 0) is 11.1 Å². The van der Waals surface area contributed by atoms with Gasteiger partial charge in [0.1, 0.15) is 0 Å². The molecule has 0 heterocycles. The molecule has 0 N–H and O–H groups in total. The smallest absolute Gasteiger partial charge is 0.0661 e. The Labute approximate surface area is 115 Å². The monoisotopic (exact) mass is 270 g/mol. The van der Waals surface area contributed by atoms with Gasteiger partial charge in [-0.2, -0.15) is 0 Å². The maximum absolute atomic E-state index is 3.89. The van der Waals surface area contributed by atoms with Gasteiger partial charge in [0, 0.05) is 0 Å². The molecule has 2 heteroatoms. The summed E-state index contributed by atoms with van der Waals surface area (Å²) >= 11 is 0. The second-order valence-corrected chi connectivity index (χ2v) is 8.67. The summed E-state index contributed by atoms with van der Waals surface area (Å²) in [4.78, 5) is 0. The fourth-order valence-electron chi connectivity index (χ4n) is 1.99. The second-order valence-electron chi connectivity index (χ2n) is 4.45. The molecule has 1 aromatic carbocycles. The van der Waals surface area contributed by atoms with Crippen LogP contribution < -0.4 is 10.4 Å². The molecule has 0 atom stereocenters. The molecule has 1 aromatic rings. The molecule has 0 fully saturated rings. The van der Waals surface area contributed by atoms with Crippen molar-refractivity contribution in [3.05, 3.63) is 74.9 Å². The van der Waals surface area contributed by atoms with Gasteiger partial charge >= 0.3 is 0 Å². The predicted molar refractivity (Wildman–Crippen MR) is 91.1 cm³/mol. The van der Waals surface area contributed by atoms with Crippen molar-refractivity contribution in [3.8, 4) is 0 Å². The highest BCUT2D eigenvalue weighted by Gasteiger charge is 2.09. The highest BCUT2D eigenvalue weighted by molar-refractivity contribution is 6.68. The van der Waals surface area contributed by atoms with Gasteiger partial charge in [-0.25, -0.2) is 0 Å². The number of hydrogen-bond acceptors (Lipinski definition) is 0. The Morgan fingerprint density at radius 2 is 1.06 bits per heavy atom. The van der Waals surface area contributed by atoms with Crippen LogP contribution in [0.4, 0.5) is 0 Å². The number of rotatable bonds is 8. The largest absolute Gasteiger partial charge is 0.103 e. The average molecular weight is 271 g/mol. The minimum Gasteiger partial charge on any atom is -0.103 e. The number of hydrogen-bond donors (Lipinski definition) is 0. The fourth-order valence-corrected chi connectivity index (χ4v) is 5.84. The van der Waals surface area contributed by atoms with Gasteiger partial charge in [-0.1, -0.05) is 58.9 Å². The Morgan fingerprint density at radius 3 is 1.33 bits per heavy atom. The van der Waals surface area contributed by atoms with E-state index < -0.39 is 0 Å². The van der Waals surface area contributed by atoms with E-state index in [1.807, 2.05) is 24.3 Å². The van der Waals surface area contributed by atoms with Crippen LogP contribution in [-0.4, -0.2) is 19.0 Å². The molecule has 0 unspecified atom stereocenters. The van der Waals surface area contributed by atoms with Crippen molar-refractivity contribution in [3.63, 3.8) is 0 Å². The molecule has 0 bridgehead atoms. The minimum absolute atomic E-state index is 0.355. The first-order valence-electron chi connectivity index (χ1n) is 6.32. The molecule has 18 heavy (non-hydrogen) atoms. The SMILES string of the molecule is C=CC(C=C)[SiH2]c1ccccc1[SiH2]C(C=C)C=C. The van der Waals surface area contributed by atoms with Crippen LogP contribution in [0, 0.1) is 0 Å². The Hall–Kier alpha value is -1.39. The lowest BCUT2D eigenvalue weighted by molar-refractivity contribution is 1.37. The molecule has 0 radical (unpaired) electrons. The summed E-state index contributed by atoms with van der Waals surface area (Å²) in [5.74, 6) is 0. The summed E-state index contributed by atoms with van der Waals surface area (Å²) in [6.45, 7) is 15.6. The highest BCUT2D eigenvalue weighted by Crippen LogP contribution is 2.06. The zero-order valence-corrected chi connectivity index (χ0v) is 13.8. The highest BCUT2D eigenvalue weighted by atomic mass is 28.2. The Bertz CT molecular complexity index is 377. The summed E-state index contributed by atoms with van der Waals surface area (Å²) in [6.07, 6.45) is 8.10. The first-order valence-corrected chi connectivity index (χ1v) is 9.36.